The van der Waals surface area contributed by atoms with Gasteiger partial charge in [-0.2, -0.15) is 0 Å². The van der Waals surface area contributed by atoms with Gasteiger partial charge in [-0.25, -0.2) is 17.2 Å². The third kappa shape index (κ3) is 6.85. The molecule has 2 aromatic carbocycles. The van der Waals surface area contributed by atoms with Crippen molar-refractivity contribution in [3.63, 3.8) is 0 Å². The minimum absolute atomic E-state index is 0.0534. The molecular formula is C31H38F2N4O5S. The van der Waals surface area contributed by atoms with Crippen LogP contribution in [0.2, 0.25) is 0 Å². The minimum atomic E-state index is -3.59. The largest absolute Gasteiger partial charge is 0.461 e. The van der Waals surface area contributed by atoms with Crippen molar-refractivity contribution in [2.45, 2.75) is 76.1 Å². The molecule has 1 saturated carbocycles. The maximum Gasteiger partial charge on any atom is 0.293 e. The lowest BCUT2D eigenvalue weighted by Gasteiger charge is -2.32. The van der Waals surface area contributed by atoms with Crippen molar-refractivity contribution in [1.82, 2.24) is 15.2 Å². The SMILES string of the molecule is CCc1cn2c3c(cc(C(=O)N[C@@H](Cc4ccccc4)[C@@H](CNC4CCC(F)(F)CC4)OC=O)cc13)N(C)S(=O)(=O)CC2. The number of nitrogens with one attached hydrogen (secondary N) is 2. The van der Waals surface area contributed by atoms with E-state index in [2.05, 4.69) is 10.6 Å². The van der Waals surface area contributed by atoms with Crippen LogP contribution in [0.25, 0.3) is 10.9 Å². The number of halogens is 2. The van der Waals surface area contributed by atoms with Crippen LogP contribution in [0.15, 0.2) is 48.7 Å². The summed E-state index contributed by atoms with van der Waals surface area (Å²) in [6.07, 6.45) is 2.40. The topological polar surface area (TPSA) is 110 Å². The molecule has 2 heterocycles. The summed E-state index contributed by atoms with van der Waals surface area (Å²) in [6, 6.07) is 12.0. The van der Waals surface area contributed by atoms with Crippen molar-refractivity contribution < 1.29 is 31.5 Å². The number of rotatable bonds is 11. The summed E-state index contributed by atoms with van der Waals surface area (Å²) in [5.74, 6) is -3.16. The second-order valence-electron chi connectivity index (χ2n) is 11.5. The first-order chi connectivity index (χ1) is 20.5. The number of sulfonamides is 1. The molecule has 0 radical (unpaired) electrons. The van der Waals surface area contributed by atoms with E-state index < -0.39 is 34.0 Å². The van der Waals surface area contributed by atoms with Gasteiger partial charge in [0.25, 0.3) is 12.4 Å². The molecule has 2 atom stereocenters. The summed E-state index contributed by atoms with van der Waals surface area (Å²) in [5, 5.41) is 7.12. The first kappa shape index (κ1) is 30.9. The Bertz CT molecular complexity index is 1570. The van der Waals surface area contributed by atoms with Crippen LogP contribution < -0.4 is 14.9 Å². The van der Waals surface area contributed by atoms with Crippen LogP contribution in [0.4, 0.5) is 14.5 Å². The lowest BCUT2D eigenvalue weighted by atomic mass is 9.92. The number of hydrogen-bond acceptors (Lipinski definition) is 6. The third-order valence-corrected chi connectivity index (χ3v) is 10.4. The molecule has 12 heteroatoms. The molecule has 1 fully saturated rings. The molecule has 9 nitrogen and oxygen atoms in total. The van der Waals surface area contributed by atoms with Gasteiger partial charge in [0, 0.05) is 56.2 Å². The van der Waals surface area contributed by atoms with Gasteiger partial charge in [-0.1, -0.05) is 37.3 Å². The first-order valence-electron chi connectivity index (χ1n) is 14.7. The molecule has 1 aromatic heterocycles. The zero-order valence-corrected chi connectivity index (χ0v) is 25.2. The number of ether oxygens (including phenoxy) is 1. The Morgan fingerprint density at radius 3 is 2.58 bits per heavy atom. The highest BCUT2D eigenvalue weighted by atomic mass is 32.2. The summed E-state index contributed by atoms with van der Waals surface area (Å²) < 4.78 is 61.9. The zero-order valence-electron chi connectivity index (χ0n) is 24.4. The fourth-order valence-electron chi connectivity index (χ4n) is 6.10. The van der Waals surface area contributed by atoms with E-state index in [1.807, 2.05) is 48.0 Å². The normalized spacial score (nSPS) is 19.4. The number of nitrogens with zero attached hydrogens (tertiary/aromatic N) is 2. The Labute approximate surface area is 250 Å². The second kappa shape index (κ2) is 12.6. The van der Waals surface area contributed by atoms with Crippen LogP contribution >= 0.6 is 0 Å². The summed E-state index contributed by atoms with van der Waals surface area (Å²) >= 11 is 0. The quantitative estimate of drug-likeness (QED) is 0.315. The highest BCUT2D eigenvalue weighted by Gasteiger charge is 2.36. The number of hydrogen-bond donors (Lipinski definition) is 2. The Kier molecular flexibility index (Phi) is 9.07. The molecule has 0 unspecified atom stereocenters. The maximum atomic E-state index is 13.9. The number of aryl methyl sites for hydroxylation is 2. The first-order valence-corrected chi connectivity index (χ1v) is 16.3. The third-order valence-electron chi connectivity index (χ3n) is 8.64. The van der Waals surface area contributed by atoms with Crippen molar-refractivity contribution in [3.05, 3.63) is 65.4 Å². The van der Waals surface area contributed by atoms with Gasteiger partial charge in [0.1, 0.15) is 6.10 Å². The van der Waals surface area contributed by atoms with E-state index in [0.717, 1.165) is 22.0 Å². The van der Waals surface area contributed by atoms with Crippen molar-refractivity contribution in [3.8, 4) is 0 Å². The Balaban J connectivity index is 1.45. The van der Waals surface area contributed by atoms with Gasteiger partial charge in [0.15, 0.2) is 0 Å². The molecule has 1 aliphatic heterocycles. The van der Waals surface area contributed by atoms with E-state index in [4.69, 9.17) is 4.74 Å². The molecule has 2 aliphatic rings. The fraction of sp³-hybridized carbons (Fsp3) is 0.484. The molecular weight excluding hydrogens is 578 g/mol. The van der Waals surface area contributed by atoms with Gasteiger partial charge < -0.3 is 19.9 Å². The van der Waals surface area contributed by atoms with Gasteiger partial charge >= 0.3 is 0 Å². The average molecular weight is 617 g/mol. The minimum Gasteiger partial charge on any atom is -0.461 e. The highest BCUT2D eigenvalue weighted by molar-refractivity contribution is 7.92. The van der Waals surface area contributed by atoms with Crippen LogP contribution in [0.1, 0.15) is 54.1 Å². The van der Waals surface area contributed by atoms with Crippen LogP contribution in [-0.4, -0.2) is 68.8 Å². The molecule has 0 bridgehead atoms. The van der Waals surface area contributed by atoms with E-state index in [9.17, 15) is 26.8 Å². The summed E-state index contributed by atoms with van der Waals surface area (Å²) in [4.78, 5) is 25.5. The highest BCUT2D eigenvalue weighted by Crippen LogP contribution is 2.36. The molecule has 1 amide bonds. The number of benzene rings is 2. The lowest BCUT2D eigenvalue weighted by molar-refractivity contribution is -0.134. The molecule has 3 aromatic rings. The number of amides is 1. The van der Waals surface area contributed by atoms with Crippen LogP contribution in [0.3, 0.4) is 0 Å². The predicted molar refractivity (Wildman–Crippen MR) is 161 cm³/mol. The Morgan fingerprint density at radius 2 is 1.91 bits per heavy atom. The molecule has 0 spiro atoms. The molecule has 1 aliphatic carbocycles. The van der Waals surface area contributed by atoms with Crippen molar-refractivity contribution in [1.29, 1.82) is 0 Å². The van der Waals surface area contributed by atoms with E-state index >= 15 is 0 Å². The van der Waals surface area contributed by atoms with Gasteiger partial charge in [-0.15, -0.1) is 0 Å². The fourth-order valence-corrected chi connectivity index (χ4v) is 7.24. The number of anilines is 1. The number of carbonyl (C=O) groups is 2. The standard InChI is InChI=1S/C31H38F2N4O5S/c1-3-22-19-37-13-14-43(40,41)36(2)27-17-23(16-25(22)29(27)37)30(39)35-26(15-21-7-5-4-6-8-21)28(42-20-38)18-34-24-9-11-31(32,33)12-10-24/h4-8,16-17,19-20,24,26,28,34H,3,9-15,18H2,1-2H3,(H,35,39)/t26-,28+/m0/s1. The molecule has 43 heavy (non-hydrogen) atoms. The van der Waals surface area contributed by atoms with Crippen molar-refractivity contribution >= 4 is 39.0 Å². The van der Waals surface area contributed by atoms with E-state index in [-0.39, 0.29) is 36.7 Å². The van der Waals surface area contributed by atoms with E-state index in [0.29, 0.717) is 44.4 Å². The van der Waals surface area contributed by atoms with Crippen molar-refractivity contribution in [2.75, 3.05) is 23.7 Å². The van der Waals surface area contributed by atoms with Gasteiger partial charge in [0.2, 0.25) is 15.9 Å². The number of carbonyl (C=O) groups excluding carboxylic acids is 2. The number of aromatic nitrogens is 1. The Hall–Kier alpha value is -3.51. The van der Waals surface area contributed by atoms with Crippen LogP contribution in [-0.2, 0) is 38.9 Å². The predicted octanol–water partition coefficient (Wildman–Crippen LogP) is 4.03. The van der Waals surface area contributed by atoms with Crippen LogP contribution in [0.5, 0.6) is 0 Å². The van der Waals surface area contributed by atoms with Crippen LogP contribution in [0, 0.1) is 0 Å². The molecule has 232 valence electrons. The average Bonchev–Trinajstić information content (AvgIpc) is 3.31. The monoisotopic (exact) mass is 616 g/mol. The van der Waals surface area contributed by atoms with Gasteiger partial charge in [0.05, 0.1) is 23.0 Å². The summed E-state index contributed by atoms with van der Waals surface area (Å²) in [7, 11) is -2.09. The summed E-state index contributed by atoms with van der Waals surface area (Å²) in [6.45, 7) is 2.83. The Morgan fingerprint density at radius 1 is 1.19 bits per heavy atom. The van der Waals surface area contributed by atoms with Gasteiger partial charge in [-0.05, 0) is 48.9 Å². The zero-order chi connectivity index (χ0) is 30.8. The maximum absolute atomic E-state index is 13.9. The summed E-state index contributed by atoms with van der Waals surface area (Å²) in [5.41, 5.74) is 3.38. The number of alkyl halides is 2. The smallest absolute Gasteiger partial charge is 0.293 e. The van der Waals surface area contributed by atoms with Gasteiger partial charge in [-0.3, -0.25) is 13.9 Å². The molecule has 0 saturated heterocycles. The lowest BCUT2D eigenvalue weighted by Crippen LogP contribution is -2.51. The molecule has 2 N–H and O–H groups in total. The van der Waals surface area contributed by atoms with Crippen molar-refractivity contribution in [2.24, 2.45) is 0 Å². The second-order valence-corrected chi connectivity index (χ2v) is 13.6. The van der Waals surface area contributed by atoms with E-state index in [1.54, 1.807) is 12.1 Å². The molecule has 5 rings (SSSR count). The van der Waals surface area contributed by atoms with E-state index in [1.165, 1.54) is 11.4 Å².